The molecule has 3 aliphatic rings. The molecule has 3 amide bonds. The standard InChI is InChI=1S/C40H42N4O7S/c1-40(2,3)51-39(48)41-21-22-6-9-26(10-7-22)42-36(45)29-19-30-33(50-15-13-24-14-16-52-35(24)30)20-28(29)27-11-12-31(43-34(27)38(47)49-4)37(46)44-32-18-23-5-8-25(32)17-23/h6-7,9-12,14,16,19-20,23,25,32H,5,8,13,15,17-18,21H2,1-4H3,(H,41,48)(H,42,45)(H,44,46)/t23-,25+,32-/m1/s1. The lowest BCUT2D eigenvalue weighted by atomic mass is 9.93. The first-order valence-electron chi connectivity index (χ1n) is 17.6. The number of esters is 1. The molecule has 2 aromatic carbocycles. The van der Waals surface area contributed by atoms with Crippen LogP contribution in [-0.4, -0.2) is 54.2 Å². The summed E-state index contributed by atoms with van der Waals surface area (Å²) in [5, 5.41) is 10.9. The summed E-state index contributed by atoms with van der Waals surface area (Å²) >= 11 is 1.57. The number of carbonyl (C=O) groups is 4. The molecule has 11 nitrogen and oxygen atoms in total. The van der Waals surface area contributed by atoms with Gasteiger partial charge < -0.3 is 30.2 Å². The fourth-order valence-electron chi connectivity index (χ4n) is 7.44. The zero-order valence-corrected chi connectivity index (χ0v) is 30.5. The van der Waals surface area contributed by atoms with Crippen LogP contribution in [0.5, 0.6) is 5.75 Å². The average molecular weight is 723 g/mol. The number of hydrogen-bond acceptors (Lipinski definition) is 9. The van der Waals surface area contributed by atoms with Gasteiger partial charge in [-0.25, -0.2) is 14.6 Å². The van der Waals surface area contributed by atoms with Gasteiger partial charge in [-0.05, 0) is 111 Å². The Hall–Kier alpha value is -5.23. The Labute approximate surface area is 306 Å². The molecule has 2 saturated carbocycles. The second-order valence-electron chi connectivity index (χ2n) is 14.6. The number of nitrogens with one attached hydrogen (secondary N) is 3. The Morgan fingerprint density at radius 2 is 1.75 bits per heavy atom. The number of pyridine rings is 1. The maximum Gasteiger partial charge on any atom is 0.407 e. The van der Waals surface area contributed by atoms with Crippen molar-refractivity contribution in [2.45, 2.75) is 71.1 Å². The topological polar surface area (TPSA) is 145 Å². The minimum atomic E-state index is -0.733. The van der Waals surface area contributed by atoms with E-state index in [-0.39, 0.29) is 35.4 Å². The summed E-state index contributed by atoms with van der Waals surface area (Å²) in [5.74, 6) is 0.205. The Morgan fingerprint density at radius 3 is 2.46 bits per heavy atom. The molecule has 4 aromatic rings. The summed E-state index contributed by atoms with van der Waals surface area (Å²) in [7, 11) is 1.26. The number of thiophene rings is 1. The molecule has 7 rings (SSSR count). The lowest BCUT2D eigenvalue weighted by Gasteiger charge is -2.23. The van der Waals surface area contributed by atoms with Gasteiger partial charge in [0.15, 0.2) is 5.69 Å². The van der Waals surface area contributed by atoms with Gasteiger partial charge in [-0.2, -0.15) is 0 Å². The van der Waals surface area contributed by atoms with Gasteiger partial charge >= 0.3 is 12.1 Å². The zero-order valence-electron chi connectivity index (χ0n) is 29.7. The number of hydrogen-bond donors (Lipinski definition) is 3. The molecule has 3 atom stereocenters. The third-order valence-corrected chi connectivity index (χ3v) is 10.9. The van der Waals surface area contributed by atoms with E-state index in [2.05, 4.69) is 27.0 Å². The van der Waals surface area contributed by atoms with Gasteiger partial charge in [0, 0.05) is 51.8 Å². The van der Waals surface area contributed by atoms with E-state index in [0.717, 1.165) is 40.8 Å². The normalized spacial score (nSPS) is 18.7. The van der Waals surface area contributed by atoms with Crippen LogP contribution in [0.1, 0.15) is 88.9 Å². The number of amides is 3. The SMILES string of the molecule is COC(=O)c1nc(C(=O)N[C@@H]2C[C@@H]3CC[C@H]2C3)ccc1-c1cc2c(cc1C(=O)Nc1ccc(CNC(=O)OC(C)(C)C)cc1)-c1sccc1CCO2. The number of nitrogens with zero attached hydrogens (tertiary/aromatic N) is 1. The van der Waals surface area contributed by atoms with Gasteiger partial charge in [0.05, 0.1) is 13.7 Å². The highest BCUT2D eigenvalue weighted by Gasteiger charge is 2.40. The van der Waals surface area contributed by atoms with E-state index in [4.69, 9.17) is 14.2 Å². The number of carbonyl (C=O) groups excluding carboxylic acids is 4. The van der Waals surface area contributed by atoms with Crippen LogP contribution < -0.4 is 20.7 Å². The summed E-state index contributed by atoms with van der Waals surface area (Å²) in [6.45, 7) is 6.09. The van der Waals surface area contributed by atoms with Crippen molar-refractivity contribution in [3.05, 3.63) is 88.1 Å². The van der Waals surface area contributed by atoms with Crippen LogP contribution in [0.3, 0.4) is 0 Å². The summed E-state index contributed by atoms with van der Waals surface area (Å²) in [6.07, 6.45) is 4.61. The molecule has 0 radical (unpaired) electrons. The first-order chi connectivity index (χ1) is 25.0. The minimum Gasteiger partial charge on any atom is -0.493 e. The minimum absolute atomic E-state index is 0.0793. The molecule has 3 heterocycles. The summed E-state index contributed by atoms with van der Waals surface area (Å²) in [4.78, 5) is 58.6. The quantitative estimate of drug-likeness (QED) is 0.160. The van der Waals surface area contributed by atoms with E-state index >= 15 is 0 Å². The van der Waals surface area contributed by atoms with E-state index in [1.54, 1.807) is 80.6 Å². The zero-order chi connectivity index (χ0) is 36.6. The number of rotatable bonds is 8. The van der Waals surface area contributed by atoms with E-state index in [1.807, 2.05) is 5.38 Å². The van der Waals surface area contributed by atoms with Gasteiger partial charge in [-0.15, -0.1) is 11.3 Å². The lowest BCUT2D eigenvalue weighted by Crippen LogP contribution is -2.39. The maximum absolute atomic E-state index is 14.2. The summed E-state index contributed by atoms with van der Waals surface area (Å²) in [6, 6.07) is 16.0. The smallest absolute Gasteiger partial charge is 0.407 e. The molecule has 1 aliphatic heterocycles. The maximum atomic E-state index is 14.2. The number of benzene rings is 2. The lowest BCUT2D eigenvalue weighted by molar-refractivity contribution is 0.0522. The molecular formula is C40H42N4O7S. The molecule has 0 saturated heterocycles. The van der Waals surface area contributed by atoms with E-state index in [9.17, 15) is 19.2 Å². The number of alkyl carbamates (subject to hydrolysis) is 1. The summed E-state index contributed by atoms with van der Waals surface area (Å²) < 4.78 is 16.7. The van der Waals surface area contributed by atoms with E-state index < -0.39 is 23.6 Å². The van der Waals surface area contributed by atoms with Crippen molar-refractivity contribution >= 4 is 40.9 Å². The van der Waals surface area contributed by atoms with Crippen LogP contribution in [0.2, 0.25) is 0 Å². The number of fused-ring (bicyclic) bond motifs is 5. The number of ether oxygens (including phenoxy) is 3. The third kappa shape index (κ3) is 7.52. The Morgan fingerprint density at radius 1 is 0.942 bits per heavy atom. The second kappa shape index (κ2) is 14.4. The third-order valence-electron chi connectivity index (χ3n) is 9.88. The van der Waals surface area contributed by atoms with Crippen molar-refractivity contribution in [3.8, 4) is 27.3 Å². The van der Waals surface area contributed by atoms with Crippen LogP contribution >= 0.6 is 11.3 Å². The molecule has 0 unspecified atom stereocenters. The van der Waals surface area contributed by atoms with Gasteiger partial charge in [0.25, 0.3) is 11.8 Å². The predicted octanol–water partition coefficient (Wildman–Crippen LogP) is 7.39. The first kappa shape index (κ1) is 35.2. The molecule has 0 spiro atoms. The van der Waals surface area contributed by atoms with Crippen molar-refractivity contribution in [2.75, 3.05) is 19.0 Å². The number of anilines is 1. The second-order valence-corrected chi connectivity index (χ2v) is 15.5. The monoisotopic (exact) mass is 722 g/mol. The highest BCUT2D eigenvalue weighted by Crippen LogP contribution is 2.45. The molecule has 2 bridgehead atoms. The molecule has 3 N–H and O–H groups in total. The largest absolute Gasteiger partial charge is 0.493 e. The average Bonchev–Trinajstić information content (AvgIpc) is 3.86. The van der Waals surface area contributed by atoms with Gasteiger partial charge in [-0.3, -0.25) is 9.59 Å². The van der Waals surface area contributed by atoms with Crippen molar-refractivity contribution in [1.82, 2.24) is 15.6 Å². The van der Waals surface area contributed by atoms with Crippen LogP contribution in [0.25, 0.3) is 21.6 Å². The highest BCUT2D eigenvalue weighted by molar-refractivity contribution is 7.13. The molecule has 52 heavy (non-hydrogen) atoms. The van der Waals surface area contributed by atoms with Crippen LogP contribution in [0.15, 0.2) is 60.0 Å². The van der Waals surface area contributed by atoms with Crippen molar-refractivity contribution in [3.63, 3.8) is 0 Å². The van der Waals surface area contributed by atoms with Crippen molar-refractivity contribution < 1.29 is 33.4 Å². The Balaban J connectivity index is 1.21. The van der Waals surface area contributed by atoms with Gasteiger partial charge in [0.2, 0.25) is 0 Å². The molecule has 12 heteroatoms. The first-order valence-corrected chi connectivity index (χ1v) is 18.5. The fraction of sp³-hybridized carbons (Fsp3) is 0.375. The molecule has 270 valence electrons. The molecular weight excluding hydrogens is 681 g/mol. The van der Waals surface area contributed by atoms with Crippen LogP contribution in [-0.2, 0) is 22.4 Å². The van der Waals surface area contributed by atoms with Crippen molar-refractivity contribution in [2.24, 2.45) is 11.8 Å². The van der Waals surface area contributed by atoms with Gasteiger partial charge in [-0.1, -0.05) is 18.6 Å². The number of aromatic nitrogens is 1. The fourth-order valence-corrected chi connectivity index (χ4v) is 8.42. The van der Waals surface area contributed by atoms with Gasteiger partial charge in [0.1, 0.15) is 17.0 Å². The molecule has 2 fully saturated rings. The Bertz CT molecular complexity index is 2030. The summed E-state index contributed by atoms with van der Waals surface area (Å²) in [5.41, 5.74) is 3.68. The Kier molecular flexibility index (Phi) is 9.76. The van der Waals surface area contributed by atoms with E-state index in [0.29, 0.717) is 47.4 Å². The van der Waals surface area contributed by atoms with E-state index in [1.165, 1.54) is 13.5 Å². The predicted molar refractivity (Wildman–Crippen MR) is 198 cm³/mol. The molecule has 2 aromatic heterocycles. The van der Waals surface area contributed by atoms with Crippen molar-refractivity contribution in [1.29, 1.82) is 0 Å². The van der Waals surface area contributed by atoms with Crippen LogP contribution in [0, 0.1) is 11.8 Å². The van der Waals surface area contributed by atoms with Crippen LogP contribution in [0.4, 0.5) is 10.5 Å². The highest BCUT2D eigenvalue weighted by atomic mass is 32.1. The number of methoxy groups -OCH3 is 1. The molecule has 2 aliphatic carbocycles.